The van der Waals surface area contributed by atoms with Crippen LogP contribution >= 0.6 is 11.8 Å². The van der Waals surface area contributed by atoms with Crippen LogP contribution in [0.3, 0.4) is 0 Å². The van der Waals surface area contributed by atoms with E-state index in [1.54, 1.807) is 99.0 Å². The lowest BCUT2D eigenvalue weighted by atomic mass is 9.93. The first kappa shape index (κ1) is 103. The molecule has 6 aromatic rings. The molecule has 720 valence electrons. The fraction of sp³-hybridized carbons (Fsp3) is 0.522. The number of guanidine groups is 1. The number of nitrogens with zero attached hydrogens (tertiary/aromatic N) is 7. The number of fused-ring (bicyclic) bond motifs is 5. The summed E-state index contributed by atoms with van der Waals surface area (Å²) < 4.78 is 0. The minimum absolute atomic E-state index is 0.000189. The van der Waals surface area contributed by atoms with Crippen molar-refractivity contribution in [1.29, 1.82) is 5.41 Å². The topological polar surface area (TPSA) is 612 Å². The number of hydrogen-bond donors (Lipinski definition) is 18. The van der Waals surface area contributed by atoms with E-state index in [9.17, 15) is 53.1 Å². The summed E-state index contributed by atoms with van der Waals surface area (Å²) in [5.41, 5.74) is 20.9. The van der Waals surface area contributed by atoms with Crippen LogP contribution in [0.25, 0.3) is 21.8 Å². The number of imidazole rings is 1. The third kappa shape index (κ3) is 28.3. The Bertz CT molecular complexity index is 5180. The number of nitrogens with two attached hydrogens (primary N) is 3. The van der Waals surface area contributed by atoms with Crippen molar-refractivity contribution >= 4 is 140 Å². The molecule has 42 nitrogen and oxygen atoms in total. The summed E-state index contributed by atoms with van der Waals surface area (Å²) in [6, 6.07) is 1.67. The fourth-order valence-corrected chi connectivity index (χ4v) is 17.5. The summed E-state index contributed by atoms with van der Waals surface area (Å²) in [5.74, 6) is -16.7. The van der Waals surface area contributed by atoms with Gasteiger partial charge in [-0.1, -0.05) is 114 Å². The average Bonchev–Trinajstić information content (AvgIpc) is 1.78. The van der Waals surface area contributed by atoms with E-state index in [1.165, 1.54) is 57.4 Å². The summed E-state index contributed by atoms with van der Waals surface area (Å²) >= 11 is 0.845. The third-order valence-corrected chi connectivity index (χ3v) is 25.1. The van der Waals surface area contributed by atoms with E-state index >= 15 is 33.6 Å². The van der Waals surface area contributed by atoms with E-state index in [2.05, 4.69) is 73.1 Å². The number of para-hydroxylation sites is 2. The van der Waals surface area contributed by atoms with E-state index in [4.69, 9.17) is 22.6 Å². The Morgan fingerprint density at radius 3 is 1.72 bits per heavy atom. The molecule has 2 fully saturated rings. The van der Waals surface area contributed by atoms with Crippen molar-refractivity contribution in [2.24, 2.45) is 23.1 Å². The van der Waals surface area contributed by atoms with Crippen LogP contribution in [0.4, 0.5) is 0 Å². The van der Waals surface area contributed by atoms with Gasteiger partial charge in [-0.2, -0.15) is 0 Å². The second-order valence-corrected chi connectivity index (χ2v) is 35.4. The highest BCUT2D eigenvalue weighted by atomic mass is 32.2. The number of thioether (sulfide) groups is 1. The average molecular weight is 1860 g/mol. The maximum absolute atomic E-state index is 15.7. The number of primary amides is 2. The first-order valence-corrected chi connectivity index (χ1v) is 45.9. The Labute approximate surface area is 774 Å². The zero-order chi connectivity index (χ0) is 97.0. The van der Waals surface area contributed by atoms with Crippen molar-refractivity contribution in [3.05, 3.63) is 126 Å². The van der Waals surface area contributed by atoms with Gasteiger partial charge in [-0.25, -0.2) is 4.98 Å². The van der Waals surface area contributed by atoms with Gasteiger partial charge in [0.1, 0.15) is 78.5 Å². The second-order valence-electron chi connectivity index (χ2n) is 34.4. The molecule has 17 amide bonds. The summed E-state index contributed by atoms with van der Waals surface area (Å²) in [7, 11) is 5.30. The lowest BCUT2D eigenvalue weighted by molar-refractivity contribution is -0.149. The number of H-pyrrole nitrogens is 3. The van der Waals surface area contributed by atoms with E-state index in [0.29, 0.717) is 75.4 Å². The Balaban J connectivity index is 1.09. The molecule has 0 saturated carbocycles. The number of unbranched alkanes of at least 4 members (excludes halogenated alkanes) is 2. The van der Waals surface area contributed by atoms with E-state index in [1.807, 2.05) is 13.8 Å². The van der Waals surface area contributed by atoms with Crippen LogP contribution in [0, 0.1) is 11.3 Å². The van der Waals surface area contributed by atoms with E-state index < -0.39 is 223 Å². The molecule has 9 rings (SSSR count). The van der Waals surface area contributed by atoms with Crippen molar-refractivity contribution in [2.45, 2.75) is 222 Å². The molecule has 0 spiro atoms. The van der Waals surface area contributed by atoms with Crippen LogP contribution in [-0.2, 0) is 114 Å². The smallest absolute Gasteiger partial charge is 0.246 e. The standard InChI is InChI=1S/C90H126N24O18S/c1-10-12-29-69-83(126)102-61(28-20-32-96-90(93)94)79(122)108-68(78(121)99-43-74(92)117)47-133-48-76(119)114-44-53-23-15-14-22-52(53)37-72(114)89(132)110(7)51(5)77(120)104-66(39-73(91)116)87(130)113-33-21-31-70(113)84(127)103-63(38-56-42-95-49-100-56)81(124)105-64(34-50(3)4)85(128)109(6)45-75(118)101-62(35-54-40-97-59-26-18-16-24-57(54)59)80(123)107-67(46-115)82(125)106-65(36-55-41-98-60-27-19-17-25-58(55)60)86(129)112(9)71(30-13-11-2)88(131)111(69)8/h14-19,22-27,40-42,49-51,61-72,97-98,115H,10-13,20-21,28-39,43-48H2,1-9H3,(H2,91,116)(H2,92,117)(H,95,100)(H,99,121)(H,101,118)(H,102,126)(H,103,127)(H,104,120)(H,105,124)(H,106,125)(H,107,123)(H,108,122)(H4,93,94,96)/t51-,61-,62-,63-,64-,65-,66-,67-,68-,69-,70-,71-,72-/m0/s1. The Morgan fingerprint density at radius 2 is 1.11 bits per heavy atom. The van der Waals surface area contributed by atoms with Crippen LogP contribution in [0.2, 0.25) is 0 Å². The molecule has 3 aliphatic heterocycles. The first-order valence-electron chi connectivity index (χ1n) is 44.7. The highest BCUT2D eigenvalue weighted by Gasteiger charge is 2.45. The Morgan fingerprint density at radius 1 is 0.549 bits per heavy atom. The van der Waals surface area contributed by atoms with Gasteiger partial charge in [0.15, 0.2) is 5.96 Å². The molecule has 133 heavy (non-hydrogen) atoms. The Kier molecular flexibility index (Phi) is 38.1. The molecule has 2 saturated heterocycles. The number of carbonyl (C=O) groups excluding carboxylic acids is 17. The molecule has 0 aliphatic carbocycles. The van der Waals surface area contributed by atoms with Gasteiger partial charge in [0.2, 0.25) is 100 Å². The fourth-order valence-electron chi connectivity index (χ4n) is 16.6. The summed E-state index contributed by atoms with van der Waals surface area (Å²) in [5, 5.41) is 46.9. The molecular weight excluding hydrogens is 1740 g/mol. The minimum atomic E-state index is -1.85. The number of hydrogen-bond acceptors (Lipinski definition) is 21. The molecule has 3 aromatic carbocycles. The van der Waals surface area contributed by atoms with Gasteiger partial charge in [0.25, 0.3) is 0 Å². The number of likely N-dealkylation sites (N-methyl/N-ethyl adjacent to an activating group) is 4. The quantitative estimate of drug-likeness (QED) is 0.0179. The molecule has 6 heterocycles. The van der Waals surface area contributed by atoms with Crippen LogP contribution < -0.4 is 70.4 Å². The molecular formula is C90H126N24O18S. The normalized spacial score (nSPS) is 23.8. The maximum Gasteiger partial charge on any atom is 0.246 e. The summed E-state index contributed by atoms with van der Waals surface area (Å²) in [6.07, 6.45) is 6.16. The highest BCUT2D eigenvalue weighted by molar-refractivity contribution is 8.00. The van der Waals surface area contributed by atoms with Crippen molar-refractivity contribution in [3.63, 3.8) is 0 Å². The number of aliphatic hydroxyl groups is 1. The largest absolute Gasteiger partial charge is 0.394 e. The van der Waals surface area contributed by atoms with Gasteiger partial charge in [-0.15, -0.1) is 11.8 Å². The lowest BCUT2D eigenvalue weighted by Crippen LogP contribution is -2.61. The molecule has 0 unspecified atom stereocenters. The van der Waals surface area contributed by atoms with E-state index in [0.717, 1.165) is 31.4 Å². The second kappa shape index (κ2) is 49.1. The van der Waals surface area contributed by atoms with Gasteiger partial charge in [0.05, 0.1) is 38.2 Å². The number of benzene rings is 3. The van der Waals surface area contributed by atoms with Crippen molar-refractivity contribution < 1.29 is 86.6 Å². The molecule has 3 aliphatic rings. The predicted molar refractivity (Wildman–Crippen MR) is 492 cm³/mol. The SMILES string of the molecule is CCCC[C@H]1C(=O)N(C)[C@@H](CCCC)C(=O)N[C@@H](CCCNC(=N)N)C(=O)N[C@H](C(=O)NCC(N)=O)CSCC(=O)N2Cc3ccccc3C[C@H]2C(=O)N(C)[C@@H](C)C(=O)N[C@@H](CC(N)=O)C(=O)N2CCC[C@H]2C(=O)N[C@@H](Cc2cnc[nH]2)C(=O)N[C@@H](CC(C)C)C(=O)N(C)CC(=O)N[C@@H](Cc2c[nH]c3ccccc23)C(=O)N[C@@H](CO)C(=O)N[C@@H](Cc2c[nH]c3ccccc23)C(=O)N1C. The lowest BCUT2D eigenvalue weighted by Gasteiger charge is -2.39. The van der Waals surface area contributed by atoms with E-state index in [-0.39, 0.29) is 96.2 Å². The number of carbonyl (C=O) groups is 17. The van der Waals surface area contributed by atoms with Crippen LogP contribution in [0.15, 0.2) is 97.7 Å². The van der Waals surface area contributed by atoms with Gasteiger partial charge >= 0.3 is 0 Å². The van der Waals surface area contributed by atoms with Gasteiger partial charge in [0, 0.05) is 125 Å². The Hall–Kier alpha value is -13.5. The number of aromatic amines is 3. The number of amides is 17. The van der Waals surface area contributed by atoms with Gasteiger partial charge in [-0.3, -0.25) is 86.9 Å². The third-order valence-electron chi connectivity index (χ3n) is 24.1. The monoisotopic (exact) mass is 1860 g/mol. The van der Waals surface area contributed by atoms with Crippen LogP contribution in [0.1, 0.15) is 140 Å². The van der Waals surface area contributed by atoms with Crippen molar-refractivity contribution in [3.8, 4) is 0 Å². The molecule has 0 radical (unpaired) electrons. The van der Waals surface area contributed by atoms with Crippen molar-refractivity contribution in [2.75, 3.05) is 72.5 Å². The maximum atomic E-state index is 15.7. The molecule has 0 bridgehead atoms. The van der Waals surface area contributed by atoms with Gasteiger partial charge in [-0.05, 0) is 92.2 Å². The van der Waals surface area contributed by atoms with Crippen molar-refractivity contribution in [1.82, 2.24) is 103 Å². The van der Waals surface area contributed by atoms with Crippen LogP contribution in [0.5, 0.6) is 0 Å². The van der Waals surface area contributed by atoms with Gasteiger partial charge < -0.3 is 120 Å². The summed E-state index contributed by atoms with van der Waals surface area (Å²) in [4.78, 5) is 270. The predicted octanol–water partition coefficient (Wildman–Crippen LogP) is -1.91. The number of rotatable bonds is 24. The molecule has 3 aromatic heterocycles. The number of nitrogens with one attached hydrogen (secondary N) is 14. The summed E-state index contributed by atoms with van der Waals surface area (Å²) in [6.45, 7) is 5.86. The minimum Gasteiger partial charge on any atom is -0.394 e. The zero-order valence-electron chi connectivity index (χ0n) is 76.4. The highest BCUT2D eigenvalue weighted by Crippen LogP contribution is 2.29. The number of aliphatic hydroxyl groups excluding tert-OH is 1. The van der Waals surface area contributed by atoms with Crippen LogP contribution in [-0.4, -0.2) is 312 Å². The molecule has 21 N–H and O–H groups in total. The zero-order valence-corrected chi connectivity index (χ0v) is 77.3. The number of aromatic nitrogens is 4. The first-order chi connectivity index (χ1) is 63.4. The molecule has 43 heteroatoms. The molecule has 13 atom stereocenters.